The zero-order valence-corrected chi connectivity index (χ0v) is 14.2. The molecule has 0 unspecified atom stereocenters. The number of halogens is 1. The third-order valence-corrected chi connectivity index (χ3v) is 3.56. The van der Waals surface area contributed by atoms with Crippen molar-refractivity contribution in [2.45, 2.75) is 27.2 Å². The van der Waals surface area contributed by atoms with Gasteiger partial charge in [-0.1, -0.05) is 41.0 Å². The van der Waals surface area contributed by atoms with Gasteiger partial charge in [-0.3, -0.25) is 4.79 Å². The summed E-state index contributed by atoms with van der Waals surface area (Å²) in [7, 11) is 0. The normalized spacial score (nSPS) is 11.8. The van der Waals surface area contributed by atoms with Crippen LogP contribution in [-0.2, 0) is 0 Å². The number of hydrogen-bond donors (Lipinski definition) is 2. The SMILES string of the molecule is Cc1ccc(Br)cc1C(=O)N(CCC(N)=NO)CC(C)C. The van der Waals surface area contributed by atoms with E-state index in [9.17, 15) is 4.79 Å². The molecule has 0 aromatic heterocycles. The van der Waals surface area contributed by atoms with Crippen LogP contribution in [0.15, 0.2) is 27.8 Å². The van der Waals surface area contributed by atoms with Crippen LogP contribution in [0.3, 0.4) is 0 Å². The summed E-state index contributed by atoms with van der Waals surface area (Å²) in [6.07, 6.45) is 0.349. The van der Waals surface area contributed by atoms with Crippen LogP contribution in [0.25, 0.3) is 0 Å². The van der Waals surface area contributed by atoms with Crippen LogP contribution >= 0.6 is 15.9 Å². The highest BCUT2D eigenvalue weighted by Gasteiger charge is 2.19. The highest BCUT2D eigenvalue weighted by Crippen LogP contribution is 2.18. The van der Waals surface area contributed by atoms with Crippen LogP contribution in [0.5, 0.6) is 0 Å². The minimum Gasteiger partial charge on any atom is -0.409 e. The fourth-order valence-corrected chi connectivity index (χ4v) is 2.37. The van der Waals surface area contributed by atoms with E-state index >= 15 is 0 Å². The van der Waals surface area contributed by atoms with Gasteiger partial charge in [-0.05, 0) is 30.5 Å². The Hall–Kier alpha value is -1.56. The largest absolute Gasteiger partial charge is 0.409 e. The zero-order valence-electron chi connectivity index (χ0n) is 12.6. The van der Waals surface area contributed by atoms with Gasteiger partial charge in [0.2, 0.25) is 0 Å². The molecule has 0 saturated heterocycles. The van der Waals surface area contributed by atoms with Gasteiger partial charge in [0.05, 0.1) is 0 Å². The van der Waals surface area contributed by atoms with E-state index < -0.39 is 0 Å². The van der Waals surface area contributed by atoms with Crippen LogP contribution in [0, 0.1) is 12.8 Å². The van der Waals surface area contributed by atoms with Gasteiger partial charge < -0.3 is 15.8 Å². The van der Waals surface area contributed by atoms with Gasteiger partial charge in [-0.15, -0.1) is 0 Å². The molecule has 0 aliphatic rings. The van der Waals surface area contributed by atoms with Crippen LogP contribution in [0.4, 0.5) is 0 Å². The number of carbonyl (C=O) groups excluding carboxylic acids is 1. The van der Waals surface area contributed by atoms with Crippen LogP contribution < -0.4 is 5.73 Å². The predicted octanol–water partition coefficient (Wildman–Crippen LogP) is 2.99. The zero-order chi connectivity index (χ0) is 16.0. The molecule has 0 spiro atoms. The second-order valence-electron chi connectivity index (χ2n) is 5.45. The number of oxime groups is 1. The highest BCUT2D eigenvalue weighted by molar-refractivity contribution is 9.10. The third kappa shape index (κ3) is 5.38. The summed E-state index contributed by atoms with van der Waals surface area (Å²) in [5, 5.41) is 11.6. The maximum Gasteiger partial charge on any atom is 0.254 e. The standard InChI is InChI=1S/C15H22BrN3O2/c1-10(2)9-19(7-6-14(17)18-21)15(20)13-8-12(16)5-4-11(13)3/h4-5,8,10,21H,6-7,9H2,1-3H3,(H2,17,18). The average Bonchev–Trinajstić information content (AvgIpc) is 2.44. The lowest BCUT2D eigenvalue weighted by molar-refractivity contribution is 0.0739. The summed E-state index contributed by atoms with van der Waals surface area (Å²) < 4.78 is 0.873. The predicted molar refractivity (Wildman–Crippen MR) is 87.6 cm³/mol. The Bertz CT molecular complexity index is 530. The van der Waals surface area contributed by atoms with E-state index in [2.05, 4.69) is 34.9 Å². The lowest BCUT2D eigenvalue weighted by Crippen LogP contribution is -2.37. The molecule has 1 amide bonds. The highest BCUT2D eigenvalue weighted by atomic mass is 79.9. The molecule has 1 aromatic rings. The second kappa shape index (κ2) is 8.02. The minimum atomic E-state index is -0.0340. The number of amides is 1. The Morgan fingerprint density at radius 1 is 1.48 bits per heavy atom. The molecule has 0 aliphatic carbocycles. The molecular weight excluding hydrogens is 334 g/mol. The average molecular weight is 356 g/mol. The van der Waals surface area contributed by atoms with Crippen molar-refractivity contribution in [1.82, 2.24) is 4.90 Å². The number of carbonyl (C=O) groups is 1. The second-order valence-corrected chi connectivity index (χ2v) is 6.36. The Morgan fingerprint density at radius 2 is 2.14 bits per heavy atom. The van der Waals surface area contributed by atoms with Crippen LogP contribution in [0.2, 0.25) is 0 Å². The van der Waals surface area contributed by atoms with Gasteiger partial charge in [0.1, 0.15) is 5.84 Å². The fraction of sp³-hybridized carbons (Fsp3) is 0.467. The van der Waals surface area contributed by atoms with Gasteiger partial charge in [0, 0.05) is 29.5 Å². The summed E-state index contributed by atoms with van der Waals surface area (Å²) in [4.78, 5) is 14.5. The first kappa shape index (κ1) is 17.5. The van der Waals surface area contributed by atoms with Crippen molar-refractivity contribution in [1.29, 1.82) is 0 Å². The quantitative estimate of drug-likeness (QED) is 0.356. The van der Waals surface area contributed by atoms with Gasteiger partial charge >= 0.3 is 0 Å². The molecule has 0 saturated carbocycles. The number of rotatable bonds is 6. The molecule has 6 heteroatoms. The molecule has 5 nitrogen and oxygen atoms in total. The van der Waals surface area contributed by atoms with Crippen molar-refractivity contribution in [2.24, 2.45) is 16.8 Å². The first-order valence-electron chi connectivity index (χ1n) is 6.87. The van der Waals surface area contributed by atoms with E-state index in [1.165, 1.54) is 0 Å². The Morgan fingerprint density at radius 3 is 2.71 bits per heavy atom. The number of amidine groups is 1. The molecule has 0 atom stereocenters. The molecular formula is C15H22BrN3O2. The van der Waals surface area contributed by atoms with E-state index in [1.54, 1.807) is 4.90 Å². The van der Waals surface area contributed by atoms with E-state index in [1.807, 2.05) is 25.1 Å². The van der Waals surface area contributed by atoms with E-state index in [4.69, 9.17) is 10.9 Å². The van der Waals surface area contributed by atoms with Crippen LogP contribution in [0.1, 0.15) is 36.2 Å². The topological polar surface area (TPSA) is 78.9 Å². The molecule has 1 rings (SSSR count). The van der Waals surface area contributed by atoms with Crippen LogP contribution in [-0.4, -0.2) is 34.9 Å². The van der Waals surface area contributed by atoms with E-state index in [-0.39, 0.29) is 11.7 Å². The molecule has 0 heterocycles. The van der Waals surface area contributed by atoms with Crippen molar-refractivity contribution in [3.05, 3.63) is 33.8 Å². The van der Waals surface area contributed by atoms with Gasteiger partial charge in [-0.2, -0.15) is 0 Å². The fourth-order valence-electron chi connectivity index (χ4n) is 2.01. The smallest absolute Gasteiger partial charge is 0.254 e. The maximum absolute atomic E-state index is 12.7. The van der Waals surface area contributed by atoms with Gasteiger partial charge in [0.25, 0.3) is 5.91 Å². The lowest BCUT2D eigenvalue weighted by Gasteiger charge is -2.25. The van der Waals surface area contributed by atoms with Crippen molar-refractivity contribution < 1.29 is 10.0 Å². The molecule has 116 valence electrons. The van der Waals surface area contributed by atoms with Crippen molar-refractivity contribution in [2.75, 3.05) is 13.1 Å². The van der Waals surface area contributed by atoms with E-state index in [0.717, 1.165) is 10.0 Å². The monoisotopic (exact) mass is 355 g/mol. The number of nitrogens with zero attached hydrogens (tertiary/aromatic N) is 2. The van der Waals surface area contributed by atoms with Crippen molar-refractivity contribution >= 4 is 27.7 Å². The summed E-state index contributed by atoms with van der Waals surface area (Å²) in [5.74, 6) is 0.435. The molecule has 0 aliphatic heterocycles. The molecule has 3 N–H and O–H groups in total. The maximum atomic E-state index is 12.7. The minimum absolute atomic E-state index is 0.0340. The first-order chi connectivity index (χ1) is 9.85. The number of nitrogens with two attached hydrogens (primary N) is 1. The number of aryl methyl sites for hydroxylation is 1. The molecule has 0 bridgehead atoms. The van der Waals surface area contributed by atoms with Crippen molar-refractivity contribution in [3.63, 3.8) is 0 Å². The molecule has 0 radical (unpaired) electrons. The van der Waals surface area contributed by atoms with Gasteiger partial charge in [0.15, 0.2) is 0 Å². The summed E-state index contributed by atoms with van der Waals surface area (Å²) >= 11 is 3.40. The summed E-state index contributed by atoms with van der Waals surface area (Å²) in [6, 6.07) is 5.65. The summed E-state index contributed by atoms with van der Waals surface area (Å²) in [6.45, 7) is 7.08. The van der Waals surface area contributed by atoms with Gasteiger partial charge in [-0.25, -0.2) is 0 Å². The molecule has 1 aromatic carbocycles. The lowest BCUT2D eigenvalue weighted by atomic mass is 10.1. The number of hydrogen-bond acceptors (Lipinski definition) is 3. The molecule has 0 fully saturated rings. The third-order valence-electron chi connectivity index (χ3n) is 3.07. The molecule has 21 heavy (non-hydrogen) atoms. The Balaban J connectivity index is 2.96. The van der Waals surface area contributed by atoms with E-state index in [0.29, 0.717) is 31.0 Å². The van der Waals surface area contributed by atoms with Crippen molar-refractivity contribution in [3.8, 4) is 0 Å². The Labute approximate surface area is 133 Å². The Kier molecular flexibility index (Phi) is 6.68. The first-order valence-corrected chi connectivity index (χ1v) is 7.66. The summed E-state index contributed by atoms with van der Waals surface area (Å²) in [5.41, 5.74) is 7.10. The number of benzene rings is 1.